The first-order chi connectivity index (χ1) is 14.4. The van der Waals surface area contributed by atoms with Crippen molar-refractivity contribution in [2.24, 2.45) is 5.92 Å². The number of thioether (sulfide) groups is 1. The second kappa shape index (κ2) is 7.41. The molecule has 150 valence electrons. The molecular formula is C24H18ClNO2S2. The number of amides is 1. The highest BCUT2D eigenvalue weighted by atomic mass is 35.5. The summed E-state index contributed by atoms with van der Waals surface area (Å²) in [4.78, 5) is 29.3. The lowest BCUT2D eigenvalue weighted by atomic mass is 9.90. The maximum absolute atomic E-state index is 13.2. The Bertz CT molecular complexity index is 1270. The van der Waals surface area contributed by atoms with Crippen LogP contribution in [0.4, 0.5) is 5.69 Å². The Morgan fingerprint density at radius 3 is 2.73 bits per heavy atom. The average molecular weight is 452 g/mol. The molecule has 2 heterocycles. The van der Waals surface area contributed by atoms with Gasteiger partial charge >= 0.3 is 0 Å². The average Bonchev–Trinajstić information content (AvgIpc) is 3.08. The van der Waals surface area contributed by atoms with Crippen molar-refractivity contribution in [2.75, 3.05) is 11.9 Å². The summed E-state index contributed by atoms with van der Waals surface area (Å²) in [6, 6.07) is 11.7. The number of nitrogens with zero attached hydrogens (tertiary/aromatic N) is 1. The van der Waals surface area contributed by atoms with Gasteiger partial charge in [-0.25, -0.2) is 0 Å². The van der Waals surface area contributed by atoms with Crippen LogP contribution in [0.2, 0.25) is 5.02 Å². The number of thiophene rings is 1. The second-order valence-electron chi connectivity index (χ2n) is 7.53. The van der Waals surface area contributed by atoms with Crippen molar-refractivity contribution in [3.05, 3.63) is 81.7 Å². The van der Waals surface area contributed by atoms with Crippen molar-refractivity contribution >= 4 is 62.2 Å². The van der Waals surface area contributed by atoms with Gasteiger partial charge in [-0.2, -0.15) is 0 Å². The lowest BCUT2D eigenvalue weighted by Gasteiger charge is -2.30. The molecule has 0 radical (unpaired) electrons. The molecule has 3 aromatic rings. The van der Waals surface area contributed by atoms with Crippen LogP contribution in [0.3, 0.4) is 0 Å². The lowest BCUT2D eigenvalue weighted by molar-refractivity contribution is 0.0940. The van der Waals surface area contributed by atoms with E-state index in [1.165, 1.54) is 11.3 Å². The molecule has 0 fully saturated rings. The van der Waals surface area contributed by atoms with Gasteiger partial charge in [0.1, 0.15) is 4.88 Å². The number of Topliss-reactive ketones (excluding diaryl/α,β-unsaturated/α-hetero) is 1. The molecule has 1 aliphatic heterocycles. The number of hydrogen-bond acceptors (Lipinski definition) is 4. The van der Waals surface area contributed by atoms with Gasteiger partial charge in [0.05, 0.1) is 10.9 Å². The molecule has 0 saturated carbocycles. The summed E-state index contributed by atoms with van der Waals surface area (Å²) in [5, 5.41) is 1.52. The number of carbonyl (C=O) groups excluding carboxylic acids is 2. The van der Waals surface area contributed by atoms with Crippen LogP contribution in [-0.2, 0) is 0 Å². The van der Waals surface area contributed by atoms with Crippen molar-refractivity contribution in [3.8, 4) is 0 Å². The minimum atomic E-state index is -0.173. The molecule has 6 heteroatoms. The van der Waals surface area contributed by atoms with Gasteiger partial charge in [-0.15, -0.1) is 23.1 Å². The Hall–Kier alpha value is -2.34. The second-order valence-corrected chi connectivity index (χ2v) is 10.2. The molecule has 0 spiro atoms. The van der Waals surface area contributed by atoms with Crippen molar-refractivity contribution < 1.29 is 9.59 Å². The zero-order valence-corrected chi connectivity index (χ0v) is 18.8. The first kappa shape index (κ1) is 19.6. The maximum atomic E-state index is 13.2. The Kier molecular flexibility index (Phi) is 4.85. The molecule has 30 heavy (non-hydrogen) atoms. The predicted octanol–water partition coefficient (Wildman–Crippen LogP) is 6.54. The number of carbonyl (C=O) groups is 2. The van der Waals surface area contributed by atoms with Gasteiger partial charge in [-0.1, -0.05) is 48.0 Å². The quantitative estimate of drug-likeness (QED) is 0.444. The Morgan fingerprint density at radius 2 is 1.90 bits per heavy atom. The fraction of sp³-hybridized carbons (Fsp3) is 0.167. The van der Waals surface area contributed by atoms with E-state index in [0.29, 0.717) is 21.2 Å². The Morgan fingerprint density at radius 1 is 1.10 bits per heavy atom. The standard InChI is InChI=1S/C24H18ClNO2S2/c1-13-7-9-15-20(11-13)30-23(21(15)25)24(28)26(2)14-8-10-19-17(12-14)22(27)16-5-3-4-6-18(16)29-19/h3-12,16,18H,1-2H3. The van der Waals surface area contributed by atoms with E-state index in [1.807, 2.05) is 61.5 Å². The van der Waals surface area contributed by atoms with Gasteiger partial charge in [0.2, 0.25) is 0 Å². The molecule has 0 N–H and O–H groups in total. The van der Waals surface area contributed by atoms with Gasteiger partial charge in [-0.3, -0.25) is 9.59 Å². The number of anilines is 1. The number of rotatable bonds is 2. The van der Waals surface area contributed by atoms with E-state index < -0.39 is 0 Å². The first-order valence-electron chi connectivity index (χ1n) is 9.60. The zero-order chi connectivity index (χ0) is 21.0. The highest BCUT2D eigenvalue weighted by Crippen LogP contribution is 2.43. The minimum Gasteiger partial charge on any atom is -0.311 e. The largest absolute Gasteiger partial charge is 0.311 e. The summed E-state index contributed by atoms with van der Waals surface area (Å²) in [7, 11) is 1.72. The van der Waals surface area contributed by atoms with Gasteiger partial charge in [-0.05, 0) is 36.8 Å². The molecule has 1 amide bonds. The van der Waals surface area contributed by atoms with Crippen LogP contribution < -0.4 is 4.90 Å². The highest BCUT2D eigenvalue weighted by molar-refractivity contribution is 8.00. The number of aryl methyl sites for hydroxylation is 1. The van der Waals surface area contributed by atoms with E-state index in [2.05, 4.69) is 6.08 Å². The molecule has 5 rings (SSSR count). The summed E-state index contributed by atoms with van der Waals surface area (Å²) in [5.74, 6) is -0.218. The van der Waals surface area contributed by atoms with Crippen molar-refractivity contribution in [2.45, 2.75) is 17.1 Å². The van der Waals surface area contributed by atoms with E-state index in [1.54, 1.807) is 23.7 Å². The summed E-state index contributed by atoms with van der Waals surface area (Å²) in [6.45, 7) is 2.02. The third-order valence-electron chi connectivity index (χ3n) is 5.55. The fourth-order valence-electron chi connectivity index (χ4n) is 3.86. The molecule has 1 aliphatic carbocycles. The Labute approximate surface area is 188 Å². The molecular weight excluding hydrogens is 434 g/mol. The molecule has 1 aromatic heterocycles. The number of hydrogen-bond donors (Lipinski definition) is 0. The molecule has 0 saturated heterocycles. The number of ketones is 1. The van der Waals surface area contributed by atoms with E-state index in [0.717, 1.165) is 20.5 Å². The van der Waals surface area contributed by atoms with Crippen LogP contribution in [0.25, 0.3) is 10.1 Å². The molecule has 3 nitrogen and oxygen atoms in total. The van der Waals surface area contributed by atoms with Crippen LogP contribution in [0.5, 0.6) is 0 Å². The number of fused-ring (bicyclic) bond motifs is 3. The van der Waals surface area contributed by atoms with Crippen molar-refractivity contribution in [3.63, 3.8) is 0 Å². The lowest BCUT2D eigenvalue weighted by Crippen LogP contribution is -2.30. The van der Waals surface area contributed by atoms with Gasteiger partial charge in [0.15, 0.2) is 5.78 Å². The van der Waals surface area contributed by atoms with Crippen LogP contribution in [0, 0.1) is 12.8 Å². The van der Waals surface area contributed by atoms with Crippen molar-refractivity contribution in [1.29, 1.82) is 0 Å². The van der Waals surface area contributed by atoms with Crippen LogP contribution in [0.15, 0.2) is 65.6 Å². The van der Waals surface area contributed by atoms with Gasteiger partial charge < -0.3 is 4.90 Å². The molecule has 2 unspecified atom stereocenters. The summed E-state index contributed by atoms with van der Waals surface area (Å²) in [5.41, 5.74) is 2.49. The van der Waals surface area contributed by atoms with Crippen LogP contribution in [-0.4, -0.2) is 24.0 Å². The highest BCUT2D eigenvalue weighted by Gasteiger charge is 2.34. The summed E-state index contributed by atoms with van der Waals surface area (Å²) >= 11 is 9.64. The molecule has 2 atom stereocenters. The van der Waals surface area contributed by atoms with Crippen molar-refractivity contribution in [1.82, 2.24) is 0 Å². The van der Waals surface area contributed by atoms with E-state index in [4.69, 9.17) is 11.6 Å². The number of halogens is 1. The SMILES string of the molecule is Cc1ccc2c(Cl)c(C(=O)N(C)c3ccc4c(c3)C(=O)C3C=CC=CC3S4)sc2c1. The minimum absolute atomic E-state index is 0.104. The van der Waals surface area contributed by atoms with Crippen LogP contribution >= 0.6 is 34.7 Å². The number of benzene rings is 2. The summed E-state index contributed by atoms with van der Waals surface area (Å²) < 4.78 is 0.997. The first-order valence-corrected chi connectivity index (χ1v) is 11.7. The summed E-state index contributed by atoms with van der Waals surface area (Å²) in [6.07, 6.45) is 7.95. The normalized spacial score (nSPS) is 19.6. The van der Waals surface area contributed by atoms with E-state index >= 15 is 0 Å². The monoisotopic (exact) mass is 451 g/mol. The molecule has 2 aliphatic rings. The number of allylic oxidation sites excluding steroid dienone is 3. The topological polar surface area (TPSA) is 37.4 Å². The molecule has 0 bridgehead atoms. The third-order valence-corrected chi connectivity index (χ3v) is 8.53. The smallest absolute Gasteiger partial charge is 0.269 e. The molecule has 2 aromatic carbocycles. The predicted molar refractivity (Wildman–Crippen MR) is 126 cm³/mol. The van der Waals surface area contributed by atoms with Gasteiger partial charge in [0.25, 0.3) is 5.91 Å². The van der Waals surface area contributed by atoms with Crippen LogP contribution in [0.1, 0.15) is 25.6 Å². The Balaban J connectivity index is 1.49. The maximum Gasteiger partial charge on any atom is 0.269 e. The van der Waals surface area contributed by atoms with E-state index in [9.17, 15) is 9.59 Å². The third kappa shape index (κ3) is 3.13. The zero-order valence-electron chi connectivity index (χ0n) is 16.4. The van der Waals surface area contributed by atoms with Gasteiger partial charge in [0, 0.05) is 38.5 Å². The fourth-order valence-corrected chi connectivity index (χ4v) is 6.71. The van der Waals surface area contributed by atoms with E-state index in [-0.39, 0.29) is 22.9 Å².